The first-order chi connectivity index (χ1) is 16.3. The summed E-state index contributed by atoms with van der Waals surface area (Å²) in [5, 5.41) is 3.11. The van der Waals surface area contributed by atoms with Crippen LogP contribution in [0.25, 0.3) is 22.2 Å². The SMILES string of the molecule is COCCn1c(Nc2cccc(C(=O)OC)c2)nc2cc(C(F)(F)F)c(-c3ccccc3)cc21. The molecule has 0 saturated heterocycles. The second kappa shape index (κ2) is 9.56. The van der Waals surface area contributed by atoms with Crippen LogP contribution in [0.15, 0.2) is 66.7 Å². The highest BCUT2D eigenvalue weighted by Gasteiger charge is 2.35. The van der Waals surface area contributed by atoms with E-state index in [0.717, 1.165) is 6.07 Å². The van der Waals surface area contributed by atoms with Crippen LogP contribution in [0.1, 0.15) is 15.9 Å². The van der Waals surface area contributed by atoms with Crippen LogP contribution in [0.4, 0.5) is 24.8 Å². The van der Waals surface area contributed by atoms with Crippen LogP contribution in [0, 0.1) is 0 Å². The molecule has 0 unspecified atom stereocenters. The van der Waals surface area contributed by atoms with Gasteiger partial charge in [0, 0.05) is 19.3 Å². The third-order valence-electron chi connectivity index (χ3n) is 5.34. The maximum Gasteiger partial charge on any atom is 0.417 e. The Balaban J connectivity index is 1.87. The van der Waals surface area contributed by atoms with Crippen molar-refractivity contribution >= 4 is 28.6 Å². The van der Waals surface area contributed by atoms with Crippen molar-refractivity contribution in [1.29, 1.82) is 0 Å². The normalized spacial score (nSPS) is 11.6. The second-order valence-electron chi connectivity index (χ2n) is 7.53. The van der Waals surface area contributed by atoms with E-state index in [-0.39, 0.29) is 11.1 Å². The molecule has 0 saturated carbocycles. The molecule has 4 aromatic rings. The maximum absolute atomic E-state index is 14.0. The van der Waals surface area contributed by atoms with Gasteiger partial charge in [0.05, 0.1) is 35.9 Å². The van der Waals surface area contributed by atoms with Gasteiger partial charge in [0.1, 0.15) is 0 Å². The van der Waals surface area contributed by atoms with Crippen LogP contribution in [-0.2, 0) is 22.2 Å². The van der Waals surface area contributed by atoms with Crippen molar-refractivity contribution in [3.05, 3.63) is 77.9 Å². The van der Waals surface area contributed by atoms with Crippen LogP contribution in [0.2, 0.25) is 0 Å². The topological polar surface area (TPSA) is 65.4 Å². The molecule has 4 rings (SSSR count). The van der Waals surface area contributed by atoms with Crippen molar-refractivity contribution in [3.8, 4) is 11.1 Å². The Morgan fingerprint density at radius 2 is 1.79 bits per heavy atom. The molecule has 0 aliphatic carbocycles. The van der Waals surface area contributed by atoms with E-state index < -0.39 is 17.7 Å². The highest BCUT2D eigenvalue weighted by atomic mass is 19.4. The molecular formula is C25H22F3N3O3. The van der Waals surface area contributed by atoms with Crippen LogP contribution < -0.4 is 5.32 Å². The molecule has 6 nitrogen and oxygen atoms in total. The number of benzene rings is 3. The van der Waals surface area contributed by atoms with Crippen LogP contribution in [0.5, 0.6) is 0 Å². The van der Waals surface area contributed by atoms with E-state index in [1.54, 1.807) is 66.3 Å². The van der Waals surface area contributed by atoms with Gasteiger partial charge in [-0.3, -0.25) is 0 Å². The number of alkyl halides is 3. The standard InChI is InChI=1S/C25H22F3N3O3/c1-33-12-11-31-22-14-19(16-7-4-3-5-8-16)20(25(26,27)28)15-21(22)30-24(31)29-18-10-6-9-17(13-18)23(32)34-2/h3-10,13-15H,11-12H2,1-2H3,(H,29,30). The average molecular weight is 469 g/mol. The Bertz CT molecular complexity index is 1320. The number of carbonyl (C=O) groups is 1. The molecule has 0 radical (unpaired) electrons. The highest BCUT2D eigenvalue weighted by Crippen LogP contribution is 2.40. The van der Waals surface area contributed by atoms with Crippen molar-refractivity contribution in [2.75, 3.05) is 26.1 Å². The summed E-state index contributed by atoms with van der Waals surface area (Å²) in [6.45, 7) is 0.676. The van der Waals surface area contributed by atoms with Gasteiger partial charge in [0.15, 0.2) is 0 Å². The molecule has 0 aliphatic heterocycles. The van der Waals surface area contributed by atoms with Crippen LogP contribution >= 0.6 is 0 Å². The smallest absolute Gasteiger partial charge is 0.417 e. The summed E-state index contributed by atoms with van der Waals surface area (Å²) in [7, 11) is 2.83. The number of ether oxygens (including phenoxy) is 2. The lowest BCUT2D eigenvalue weighted by molar-refractivity contribution is -0.137. The average Bonchev–Trinajstić information content (AvgIpc) is 3.17. The predicted octanol–water partition coefficient (Wildman–Crippen LogP) is 5.90. The lowest BCUT2D eigenvalue weighted by atomic mass is 9.98. The molecule has 0 aliphatic rings. The quantitative estimate of drug-likeness (QED) is 0.342. The monoisotopic (exact) mass is 469 g/mol. The van der Waals surface area contributed by atoms with Gasteiger partial charge in [0.2, 0.25) is 5.95 Å². The first-order valence-electron chi connectivity index (χ1n) is 10.4. The first-order valence-corrected chi connectivity index (χ1v) is 10.4. The van der Waals surface area contributed by atoms with Crippen LogP contribution in [0.3, 0.4) is 0 Å². The van der Waals surface area contributed by atoms with Crippen molar-refractivity contribution in [1.82, 2.24) is 9.55 Å². The number of anilines is 2. The Morgan fingerprint density at radius 3 is 2.47 bits per heavy atom. The number of rotatable bonds is 7. The summed E-state index contributed by atoms with van der Waals surface area (Å²) in [6.07, 6.45) is -4.56. The Morgan fingerprint density at radius 1 is 1.03 bits per heavy atom. The first kappa shape index (κ1) is 23.3. The number of imidazole rings is 1. The van der Waals surface area contributed by atoms with E-state index in [0.29, 0.717) is 41.4 Å². The van der Waals surface area contributed by atoms with Crippen molar-refractivity contribution < 1.29 is 27.4 Å². The number of esters is 1. The van der Waals surface area contributed by atoms with E-state index in [1.165, 1.54) is 13.2 Å². The van der Waals surface area contributed by atoms with E-state index >= 15 is 0 Å². The van der Waals surface area contributed by atoms with Gasteiger partial charge in [0.25, 0.3) is 0 Å². The van der Waals surface area contributed by atoms with Gasteiger partial charge in [-0.15, -0.1) is 0 Å². The zero-order valence-electron chi connectivity index (χ0n) is 18.5. The minimum atomic E-state index is -4.56. The summed E-state index contributed by atoms with van der Waals surface area (Å²) in [6, 6.07) is 17.6. The van der Waals surface area contributed by atoms with Gasteiger partial charge in [-0.25, -0.2) is 9.78 Å². The second-order valence-corrected chi connectivity index (χ2v) is 7.53. The lowest BCUT2D eigenvalue weighted by Gasteiger charge is -2.15. The number of nitrogens with one attached hydrogen (secondary N) is 1. The van der Waals surface area contributed by atoms with Crippen molar-refractivity contribution in [3.63, 3.8) is 0 Å². The van der Waals surface area contributed by atoms with E-state index in [4.69, 9.17) is 9.47 Å². The van der Waals surface area contributed by atoms with Crippen LogP contribution in [-0.4, -0.2) is 36.3 Å². The number of methoxy groups -OCH3 is 2. The number of nitrogens with zero attached hydrogens (tertiary/aromatic N) is 2. The third kappa shape index (κ3) is 4.74. The third-order valence-corrected chi connectivity index (χ3v) is 5.34. The number of hydrogen-bond donors (Lipinski definition) is 1. The summed E-state index contributed by atoms with van der Waals surface area (Å²) in [5.41, 5.74) is 1.34. The van der Waals surface area contributed by atoms with E-state index in [9.17, 15) is 18.0 Å². The van der Waals surface area contributed by atoms with Gasteiger partial charge in [-0.1, -0.05) is 36.4 Å². The molecule has 0 spiro atoms. The Labute approximate surface area is 193 Å². The zero-order chi connectivity index (χ0) is 24.3. The largest absolute Gasteiger partial charge is 0.465 e. The molecular weight excluding hydrogens is 447 g/mol. The predicted molar refractivity (Wildman–Crippen MR) is 123 cm³/mol. The molecule has 0 fully saturated rings. The maximum atomic E-state index is 14.0. The van der Waals surface area contributed by atoms with Gasteiger partial charge in [-0.2, -0.15) is 13.2 Å². The van der Waals surface area contributed by atoms with Gasteiger partial charge in [-0.05, 0) is 41.5 Å². The molecule has 176 valence electrons. The molecule has 0 atom stereocenters. The van der Waals surface area contributed by atoms with Crippen molar-refractivity contribution in [2.45, 2.75) is 12.7 Å². The Hall–Kier alpha value is -3.85. The molecule has 0 amide bonds. The fourth-order valence-electron chi connectivity index (χ4n) is 3.74. The summed E-state index contributed by atoms with van der Waals surface area (Å²) in [4.78, 5) is 16.3. The fourth-order valence-corrected chi connectivity index (χ4v) is 3.74. The van der Waals surface area contributed by atoms with Crippen molar-refractivity contribution in [2.24, 2.45) is 0 Å². The fraction of sp³-hybridized carbons (Fsp3) is 0.200. The van der Waals surface area contributed by atoms with E-state index in [1.807, 2.05) is 0 Å². The molecule has 1 aromatic heterocycles. The molecule has 1 heterocycles. The molecule has 9 heteroatoms. The molecule has 34 heavy (non-hydrogen) atoms. The van der Waals surface area contributed by atoms with Gasteiger partial charge < -0.3 is 19.4 Å². The molecule has 0 bridgehead atoms. The minimum Gasteiger partial charge on any atom is -0.465 e. The number of halogens is 3. The summed E-state index contributed by atoms with van der Waals surface area (Å²) in [5.74, 6) is -0.175. The summed E-state index contributed by atoms with van der Waals surface area (Å²) >= 11 is 0. The molecule has 3 aromatic carbocycles. The number of hydrogen-bond acceptors (Lipinski definition) is 5. The Kier molecular flexibility index (Phi) is 6.56. The number of aromatic nitrogens is 2. The van der Waals surface area contributed by atoms with Gasteiger partial charge >= 0.3 is 12.1 Å². The highest BCUT2D eigenvalue weighted by molar-refractivity contribution is 5.91. The van der Waals surface area contributed by atoms with E-state index in [2.05, 4.69) is 10.3 Å². The zero-order valence-corrected chi connectivity index (χ0v) is 18.5. The summed E-state index contributed by atoms with van der Waals surface area (Å²) < 4.78 is 53.6. The molecule has 1 N–H and O–H groups in total. The minimum absolute atomic E-state index is 0.0680. The lowest BCUT2D eigenvalue weighted by Crippen LogP contribution is -2.10. The number of fused-ring (bicyclic) bond motifs is 1. The number of carbonyl (C=O) groups excluding carboxylic acids is 1.